The van der Waals surface area contributed by atoms with E-state index in [9.17, 15) is 0 Å². The third-order valence-corrected chi connectivity index (χ3v) is 5.69. The molecule has 0 atom stereocenters. The van der Waals surface area contributed by atoms with Gasteiger partial charge in [-0.1, -0.05) is 59.2 Å². The van der Waals surface area contributed by atoms with E-state index in [0.717, 1.165) is 63.9 Å². The molecule has 7 nitrogen and oxygen atoms in total. The van der Waals surface area contributed by atoms with Crippen molar-refractivity contribution >= 4 is 73.6 Å². The molecule has 1 saturated heterocycles. The Morgan fingerprint density at radius 3 is 1.43 bits per heavy atom. The molecule has 1 fully saturated rings. The average molecular weight is 759 g/mol. The van der Waals surface area contributed by atoms with E-state index in [2.05, 4.69) is 58.0 Å². The smallest absolute Gasteiger partial charge is 1.00 e. The monoisotopic (exact) mass is 756 g/mol. The van der Waals surface area contributed by atoms with E-state index in [1.165, 1.54) is 44.9 Å². The van der Waals surface area contributed by atoms with E-state index in [1.54, 1.807) is 21.3 Å². The second kappa shape index (κ2) is 63.2. The molecule has 0 aromatic rings. The number of unbranched alkanes of at least 4 members (excludes halogenated alkanes) is 4. The number of rotatable bonds is 24. The Labute approximate surface area is 326 Å². The minimum absolute atomic E-state index is 0. The molecule has 0 saturated carbocycles. The van der Waals surface area contributed by atoms with Gasteiger partial charge in [0.1, 0.15) is 20.4 Å². The molecule has 0 N–H and O–H groups in total. The van der Waals surface area contributed by atoms with Crippen molar-refractivity contribution in [1.29, 1.82) is 0 Å². The van der Waals surface area contributed by atoms with Crippen molar-refractivity contribution in [2.45, 2.75) is 77.0 Å². The molecule has 1 aliphatic rings. The molecule has 0 unspecified atom stereocenters. The normalized spacial score (nSPS) is 11.9. The fourth-order valence-electron chi connectivity index (χ4n) is 2.87. The topological polar surface area (TPSA) is 64.6 Å². The second-order valence-electron chi connectivity index (χ2n) is 8.70. The average Bonchev–Trinajstić information content (AvgIpc) is 3.59. The molecule has 258 valence electrons. The van der Waals surface area contributed by atoms with Crippen LogP contribution in [-0.2, 0) is 33.2 Å². The number of methoxy groups -OCH3 is 3. The van der Waals surface area contributed by atoms with Crippen LogP contribution in [0.4, 0.5) is 0 Å². The molecule has 1 heterocycles. The third kappa shape index (κ3) is 70.0. The molecule has 0 amide bonds. The number of hydrogen-bond donors (Lipinski definition) is 0. The zero-order valence-electron chi connectivity index (χ0n) is 30.1. The van der Waals surface area contributed by atoms with Gasteiger partial charge in [0.25, 0.3) is 0 Å². The molecule has 0 spiro atoms. The van der Waals surface area contributed by atoms with Crippen LogP contribution >= 0.6 is 27.5 Å². The first kappa shape index (κ1) is 57.8. The SMILES string of the molecule is C1CCOC1.COCOCC/C=C\CCCCCCBr.COCOCC/C=C\CCCl.[CH2-]C/C=C\CCOCOC.[Cl-].[H-].[H-].[Mg+2].[Mg+2]. The molecule has 0 aromatic carbocycles. The maximum Gasteiger partial charge on any atom is 2.00 e. The zero-order valence-corrected chi connectivity index (χ0v) is 34.1. The van der Waals surface area contributed by atoms with Crippen LogP contribution in [0.3, 0.4) is 0 Å². The van der Waals surface area contributed by atoms with Gasteiger partial charge in [-0.2, -0.15) is 6.42 Å². The molecular weight excluding hydrogens is 696 g/mol. The van der Waals surface area contributed by atoms with Crippen molar-refractivity contribution in [1.82, 2.24) is 0 Å². The summed E-state index contributed by atoms with van der Waals surface area (Å²) >= 11 is 8.90. The van der Waals surface area contributed by atoms with E-state index in [1.807, 2.05) is 6.08 Å². The van der Waals surface area contributed by atoms with E-state index in [0.29, 0.717) is 32.9 Å². The van der Waals surface area contributed by atoms with E-state index < -0.39 is 0 Å². The molecular formula is C32H63BrCl2Mg2O7. The number of hydrogen-bond acceptors (Lipinski definition) is 7. The van der Waals surface area contributed by atoms with Gasteiger partial charge < -0.3 is 55.3 Å². The molecule has 1 rings (SSSR count). The molecule has 0 aliphatic carbocycles. The van der Waals surface area contributed by atoms with Crippen molar-refractivity contribution in [3.05, 3.63) is 43.4 Å². The summed E-state index contributed by atoms with van der Waals surface area (Å²) in [6.07, 6.45) is 26.4. The molecule has 0 bridgehead atoms. The van der Waals surface area contributed by atoms with Crippen LogP contribution in [0.1, 0.15) is 79.9 Å². The van der Waals surface area contributed by atoms with Crippen LogP contribution in [-0.4, -0.2) is 132 Å². The number of allylic oxidation sites excluding steroid dienone is 3. The summed E-state index contributed by atoms with van der Waals surface area (Å²) in [5, 5.41) is 1.14. The van der Waals surface area contributed by atoms with Crippen LogP contribution in [0.2, 0.25) is 0 Å². The largest absolute Gasteiger partial charge is 2.00 e. The first-order valence-corrected chi connectivity index (χ1v) is 16.5. The Hall–Kier alpha value is 1.53. The van der Waals surface area contributed by atoms with Crippen LogP contribution in [0.25, 0.3) is 0 Å². The first-order chi connectivity index (χ1) is 20.2. The third-order valence-electron chi connectivity index (χ3n) is 4.91. The van der Waals surface area contributed by atoms with Crippen LogP contribution in [0.15, 0.2) is 36.5 Å². The van der Waals surface area contributed by atoms with E-state index >= 15 is 0 Å². The zero-order chi connectivity index (χ0) is 30.7. The quantitative estimate of drug-likeness (QED) is 0.0339. The van der Waals surface area contributed by atoms with Gasteiger partial charge in [0, 0.05) is 45.8 Å². The van der Waals surface area contributed by atoms with E-state index in [4.69, 9.17) is 40.0 Å². The van der Waals surface area contributed by atoms with Crippen molar-refractivity contribution in [2.75, 3.05) is 86.0 Å². The van der Waals surface area contributed by atoms with E-state index in [-0.39, 0.29) is 61.4 Å². The van der Waals surface area contributed by atoms with Gasteiger partial charge in [-0.05, 0) is 57.8 Å². The maximum absolute atomic E-state index is 5.46. The Balaban J connectivity index is -0.0000000703. The van der Waals surface area contributed by atoms with Gasteiger partial charge in [0.2, 0.25) is 0 Å². The van der Waals surface area contributed by atoms with Gasteiger partial charge in [0.05, 0.1) is 19.8 Å². The summed E-state index contributed by atoms with van der Waals surface area (Å²) in [4.78, 5) is 0. The van der Waals surface area contributed by atoms with Crippen molar-refractivity contribution in [2.24, 2.45) is 0 Å². The summed E-state index contributed by atoms with van der Waals surface area (Å²) in [5.41, 5.74) is 0. The molecule has 44 heavy (non-hydrogen) atoms. The summed E-state index contributed by atoms with van der Waals surface area (Å²) in [6, 6.07) is 0. The van der Waals surface area contributed by atoms with Crippen molar-refractivity contribution < 1.29 is 48.4 Å². The van der Waals surface area contributed by atoms with Crippen molar-refractivity contribution in [3.8, 4) is 0 Å². The Morgan fingerprint density at radius 1 is 0.659 bits per heavy atom. The minimum atomic E-state index is 0. The summed E-state index contributed by atoms with van der Waals surface area (Å²) in [7, 11) is 4.87. The first-order valence-electron chi connectivity index (χ1n) is 14.9. The fraction of sp³-hybridized carbons (Fsp3) is 0.781. The predicted molar refractivity (Wildman–Crippen MR) is 191 cm³/mol. The molecule has 0 aromatic heterocycles. The minimum Gasteiger partial charge on any atom is -1.00 e. The Morgan fingerprint density at radius 2 is 1.07 bits per heavy atom. The fourth-order valence-corrected chi connectivity index (χ4v) is 3.39. The van der Waals surface area contributed by atoms with Crippen LogP contribution in [0, 0.1) is 6.92 Å². The Kier molecular flexibility index (Phi) is 83.0. The van der Waals surface area contributed by atoms with Crippen LogP contribution < -0.4 is 12.4 Å². The number of halogens is 3. The summed E-state index contributed by atoms with van der Waals surface area (Å²) in [5.74, 6) is 0.690. The summed E-state index contributed by atoms with van der Waals surface area (Å²) in [6.45, 7) is 9.04. The van der Waals surface area contributed by atoms with Gasteiger partial charge in [-0.3, -0.25) is 0 Å². The van der Waals surface area contributed by atoms with Gasteiger partial charge in [0.15, 0.2) is 0 Å². The van der Waals surface area contributed by atoms with Gasteiger partial charge >= 0.3 is 46.1 Å². The van der Waals surface area contributed by atoms with Gasteiger partial charge in [-0.15, -0.1) is 17.7 Å². The Bertz CT molecular complexity index is 525. The number of alkyl halides is 2. The van der Waals surface area contributed by atoms with Crippen LogP contribution in [0.5, 0.6) is 0 Å². The molecule has 0 radical (unpaired) electrons. The second-order valence-corrected chi connectivity index (χ2v) is 9.87. The standard InChI is InChI=1S/C12H23BrO2.C8H15ClO2.C8H15O2.C4H8O.ClH.2Mg.2H/c1-14-12-15-11-9-7-5-3-2-4-6-8-10-13;1-10-8-11-7-5-3-2-4-6-9;1-3-4-5-6-7-10-8-9-2;1-2-4-5-3-1;;;;;/h5,7H,2-4,6,8-12H2,1H3;2-3H,4-8H2,1H3;4-5H,1,3,6-8H2,2H3;1-4H2;1H;;;;/q;;-1;;;2*+2;2*-1/p-1/b7-5-;3-2-;5-4-;;;;;;. The number of ether oxygens (including phenoxy) is 7. The van der Waals surface area contributed by atoms with Gasteiger partial charge in [-0.25, -0.2) is 0 Å². The molecule has 1 aliphatic heterocycles. The maximum atomic E-state index is 5.46. The predicted octanol–water partition coefficient (Wildman–Crippen LogP) is 5.12. The summed E-state index contributed by atoms with van der Waals surface area (Å²) < 4.78 is 34.4. The van der Waals surface area contributed by atoms with Crippen molar-refractivity contribution in [3.63, 3.8) is 0 Å². The molecule has 12 heteroatoms.